The summed E-state index contributed by atoms with van der Waals surface area (Å²) in [6.45, 7) is 2.45. The highest BCUT2D eigenvalue weighted by atomic mass is 16.5. The predicted molar refractivity (Wildman–Crippen MR) is 127 cm³/mol. The molecule has 1 N–H and O–H groups in total. The number of hydrogen-bond donors (Lipinski definition) is 1. The smallest absolute Gasteiger partial charge is 0.274 e. The van der Waals surface area contributed by atoms with Gasteiger partial charge in [-0.3, -0.25) is 14.6 Å². The number of piperidine rings is 1. The molecule has 2 aliphatic heterocycles. The Kier molecular flexibility index (Phi) is 6.76. The second kappa shape index (κ2) is 10.3. The third-order valence-corrected chi connectivity index (χ3v) is 6.76. The standard InChI is InChI=1S/C26H29N5O4/c1-34-21-6-4-19(5-7-21)23-15-31-17-29-24(22(31)16-35-23)26(33)30-11-8-20(9-12-30)25(32)28-14-18-3-2-10-27-13-18/h2-7,10,13,17,20,23H,8-9,11-12,14-16H2,1H3,(H,28,32). The molecule has 0 radical (unpaired) electrons. The second-order valence-electron chi connectivity index (χ2n) is 8.91. The Balaban J connectivity index is 1.16. The van der Waals surface area contributed by atoms with Gasteiger partial charge in [0.2, 0.25) is 5.91 Å². The van der Waals surface area contributed by atoms with Crippen molar-refractivity contribution in [3.8, 4) is 5.75 Å². The van der Waals surface area contributed by atoms with Crippen LogP contribution >= 0.6 is 0 Å². The molecule has 0 bridgehead atoms. The highest BCUT2D eigenvalue weighted by Gasteiger charge is 2.32. The molecule has 5 rings (SSSR count). The normalized spacial score (nSPS) is 18.1. The molecule has 1 fully saturated rings. The van der Waals surface area contributed by atoms with Crippen LogP contribution in [0, 0.1) is 5.92 Å². The van der Waals surface area contributed by atoms with Gasteiger partial charge in [0.1, 0.15) is 11.9 Å². The number of aromatic nitrogens is 3. The lowest BCUT2D eigenvalue weighted by atomic mass is 9.95. The maximum absolute atomic E-state index is 13.2. The summed E-state index contributed by atoms with van der Waals surface area (Å²) in [5.41, 5.74) is 3.27. The molecule has 4 heterocycles. The molecule has 1 unspecified atom stereocenters. The van der Waals surface area contributed by atoms with Crippen LogP contribution in [0.2, 0.25) is 0 Å². The van der Waals surface area contributed by atoms with Crippen molar-refractivity contribution >= 4 is 11.8 Å². The van der Waals surface area contributed by atoms with Crippen molar-refractivity contribution in [3.63, 3.8) is 0 Å². The first-order valence-electron chi connectivity index (χ1n) is 11.9. The number of carbonyl (C=O) groups excluding carboxylic acids is 2. The zero-order chi connectivity index (χ0) is 24.2. The monoisotopic (exact) mass is 475 g/mol. The summed E-state index contributed by atoms with van der Waals surface area (Å²) in [5.74, 6) is 0.633. The highest BCUT2D eigenvalue weighted by molar-refractivity contribution is 5.93. The molecule has 1 aromatic carbocycles. The van der Waals surface area contributed by atoms with Gasteiger partial charge in [-0.1, -0.05) is 18.2 Å². The van der Waals surface area contributed by atoms with Crippen LogP contribution in [0.4, 0.5) is 0 Å². The van der Waals surface area contributed by atoms with E-state index in [1.165, 1.54) is 0 Å². The van der Waals surface area contributed by atoms with E-state index < -0.39 is 0 Å². The first-order valence-corrected chi connectivity index (χ1v) is 11.9. The number of hydrogen-bond acceptors (Lipinski definition) is 6. The minimum absolute atomic E-state index is 0.0262. The van der Waals surface area contributed by atoms with E-state index in [2.05, 4.69) is 15.3 Å². The Hall–Kier alpha value is -3.72. The van der Waals surface area contributed by atoms with Crippen molar-refractivity contribution in [2.24, 2.45) is 5.92 Å². The van der Waals surface area contributed by atoms with Crippen LogP contribution in [0.3, 0.4) is 0 Å². The molecule has 9 nitrogen and oxygen atoms in total. The molecule has 0 saturated carbocycles. The summed E-state index contributed by atoms with van der Waals surface area (Å²) in [7, 11) is 1.64. The third-order valence-electron chi connectivity index (χ3n) is 6.76. The maximum Gasteiger partial charge on any atom is 0.274 e. The van der Waals surface area contributed by atoms with Crippen LogP contribution in [-0.2, 0) is 29.2 Å². The van der Waals surface area contributed by atoms with Gasteiger partial charge in [-0.05, 0) is 42.2 Å². The van der Waals surface area contributed by atoms with Gasteiger partial charge < -0.3 is 24.3 Å². The van der Waals surface area contributed by atoms with Gasteiger partial charge in [-0.15, -0.1) is 0 Å². The maximum atomic E-state index is 13.2. The third kappa shape index (κ3) is 5.05. The van der Waals surface area contributed by atoms with Crippen molar-refractivity contribution < 1.29 is 19.1 Å². The van der Waals surface area contributed by atoms with Gasteiger partial charge in [-0.2, -0.15) is 0 Å². The van der Waals surface area contributed by atoms with Gasteiger partial charge in [0.05, 0.1) is 32.3 Å². The lowest BCUT2D eigenvalue weighted by molar-refractivity contribution is -0.126. The van der Waals surface area contributed by atoms with E-state index in [1.54, 1.807) is 30.7 Å². The Bertz CT molecular complexity index is 1170. The molecule has 3 aromatic rings. The fraction of sp³-hybridized carbons (Fsp3) is 0.385. The molecular formula is C26H29N5O4. The first-order chi connectivity index (χ1) is 17.1. The number of methoxy groups -OCH3 is 1. The number of likely N-dealkylation sites (tertiary alicyclic amines) is 1. The SMILES string of the molecule is COc1ccc(C2Cn3cnc(C(=O)N4CCC(C(=O)NCc5cccnc5)CC4)c3CO2)cc1. The van der Waals surface area contributed by atoms with Crippen molar-refractivity contribution in [3.05, 3.63) is 77.6 Å². The molecule has 9 heteroatoms. The van der Waals surface area contributed by atoms with Crippen molar-refractivity contribution in [1.29, 1.82) is 0 Å². The molecular weight excluding hydrogens is 446 g/mol. The minimum atomic E-state index is -0.105. The minimum Gasteiger partial charge on any atom is -0.497 e. The Morgan fingerprint density at radius 3 is 2.69 bits per heavy atom. The molecule has 0 aliphatic carbocycles. The van der Waals surface area contributed by atoms with Gasteiger partial charge in [0.15, 0.2) is 5.69 Å². The summed E-state index contributed by atoms with van der Waals surface area (Å²) in [6, 6.07) is 11.6. The number of pyridine rings is 1. The molecule has 1 saturated heterocycles. The second-order valence-corrected chi connectivity index (χ2v) is 8.91. The Morgan fingerprint density at radius 1 is 1.17 bits per heavy atom. The molecule has 2 amide bonds. The van der Waals surface area contributed by atoms with Crippen molar-refractivity contribution in [2.75, 3.05) is 20.2 Å². The lowest BCUT2D eigenvalue weighted by Gasteiger charge is -2.31. The number of rotatable bonds is 6. The highest BCUT2D eigenvalue weighted by Crippen LogP contribution is 2.30. The molecule has 1 atom stereocenters. The quantitative estimate of drug-likeness (QED) is 0.589. The van der Waals surface area contributed by atoms with E-state index in [0.717, 1.165) is 22.6 Å². The number of nitrogens with zero attached hydrogens (tertiary/aromatic N) is 4. The Labute approximate surface area is 204 Å². The van der Waals surface area contributed by atoms with Gasteiger partial charge in [-0.25, -0.2) is 4.98 Å². The predicted octanol–water partition coefficient (Wildman–Crippen LogP) is 2.73. The first kappa shape index (κ1) is 23.0. The Morgan fingerprint density at radius 2 is 1.97 bits per heavy atom. The van der Waals surface area contributed by atoms with Crippen LogP contribution in [0.25, 0.3) is 0 Å². The average molecular weight is 476 g/mol. The number of carbonyl (C=O) groups is 2. The number of fused-ring (bicyclic) bond motifs is 1. The average Bonchev–Trinajstić information content (AvgIpc) is 3.35. The zero-order valence-electron chi connectivity index (χ0n) is 19.7. The number of imidazole rings is 1. The summed E-state index contributed by atoms with van der Waals surface area (Å²) >= 11 is 0. The van der Waals surface area contributed by atoms with Crippen LogP contribution in [0.1, 0.15) is 46.3 Å². The van der Waals surface area contributed by atoms with E-state index >= 15 is 0 Å². The largest absolute Gasteiger partial charge is 0.497 e. The summed E-state index contributed by atoms with van der Waals surface area (Å²) in [4.78, 5) is 36.1. The van der Waals surface area contributed by atoms with E-state index in [1.807, 2.05) is 41.0 Å². The van der Waals surface area contributed by atoms with Crippen LogP contribution in [0.5, 0.6) is 5.75 Å². The summed E-state index contributed by atoms with van der Waals surface area (Å²) in [6.07, 6.45) is 6.34. The fourth-order valence-corrected chi connectivity index (χ4v) is 4.66. The van der Waals surface area contributed by atoms with E-state index in [4.69, 9.17) is 9.47 Å². The number of benzene rings is 1. The van der Waals surface area contributed by atoms with Gasteiger partial charge >= 0.3 is 0 Å². The zero-order valence-corrected chi connectivity index (χ0v) is 19.7. The number of nitrogens with one attached hydrogen (secondary N) is 1. The van der Waals surface area contributed by atoms with E-state index in [-0.39, 0.29) is 23.8 Å². The van der Waals surface area contributed by atoms with Crippen LogP contribution in [-0.4, -0.2) is 51.4 Å². The van der Waals surface area contributed by atoms with E-state index in [9.17, 15) is 9.59 Å². The number of amides is 2. The van der Waals surface area contributed by atoms with Crippen LogP contribution in [0.15, 0.2) is 55.1 Å². The molecule has 0 spiro atoms. The van der Waals surface area contributed by atoms with Crippen molar-refractivity contribution in [2.45, 2.75) is 38.6 Å². The molecule has 35 heavy (non-hydrogen) atoms. The fourth-order valence-electron chi connectivity index (χ4n) is 4.66. The van der Waals surface area contributed by atoms with Gasteiger partial charge in [0, 0.05) is 37.9 Å². The summed E-state index contributed by atoms with van der Waals surface area (Å²) in [5, 5.41) is 2.98. The topological polar surface area (TPSA) is 98.6 Å². The molecule has 2 aliphatic rings. The van der Waals surface area contributed by atoms with Crippen molar-refractivity contribution in [1.82, 2.24) is 24.8 Å². The van der Waals surface area contributed by atoms with Crippen LogP contribution < -0.4 is 10.1 Å². The lowest BCUT2D eigenvalue weighted by Crippen LogP contribution is -2.43. The molecule has 2 aromatic heterocycles. The summed E-state index contributed by atoms with van der Waals surface area (Å²) < 4.78 is 13.3. The number of ether oxygens (including phenoxy) is 2. The van der Waals surface area contributed by atoms with Gasteiger partial charge in [0.25, 0.3) is 5.91 Å². The molecule has 182 valence electrons. The van der Waals surface area contributed by atoms with E-state index in [0.29, 0.717) is 51.3 Å².